The molecule has 2 aromatic rings. The monoisotopic (exact) mass is 429 g/mol. The van der Waals surface area contributed by atoms with Crippen LogP contribution in [-0.2, 0) is 9.59 Å². The van der Waals surface area contributed by atoms with Crippen molar-refractivity contribution in [3.05, 3.63) is 58.9 Å². The van der Waals surface area contributed by atoms with Gasteiger partial charge in [0.25, 0.3) is 0 Å². The van der Waals surface area contributed by atoms with Crippen molar-refractivity contribution in [2.24, 2.45) is 0 Å². The fourth-order valence-corrected chi connectivity index (χ4v) is 3.36. The maximum absolute atomic E-state index is 13.0. The van der Waals surface area contributed by atoms with Gasteiger partial charge in [0.1, 0.15) is 11.9 Å². The molecular formula is C21H21ClFN5O2. The van der Waals surface area contributed by atoms with Crippen LogP contribution in [-0.4, -0.2) is 56.0 Å². The second-order valence-electron chi connectivity index (χ2n) is 6.82. The number of carbonyl (C=O) groups excluding carboxylic acids is 2. The van der Waals surface area contributed by atoms with Gasteiger partial charge in [0.15, 0.2) is 0 Å². The van der Waals surface area contributed by atoms with Crippen molar-refractivity contribution in [1.82, 2.24) is 10.2 Å². The molecule has 9 heteroatoms. The van der Waals surface area contributed by atoms with Gasteiger partial charge in [-0.2, -0.15) is 5.26 Å². The number of carbonyl (C=O) groups is 2. The van der Waals surface area contributed by atoms with Crippen molar-refractivity contribution in [2.75, 3.05) is 49.5 Å². The molecule has 7 nitrogen and oxygen atoms in total. The molecule has 0 aliphatic carbocycles. The molecule has 1 aliphatic rings. The molecule has 156 valence electrons. The lowest BCUT2D eigenvalue weighted by molar-refractivity contribution is -0.136. The molecule has 30 heavy (non-hydrogen) atoms. The first kappa shape index (κ1) is 21.6. The summed E-state index contributed by atoms with van der Waals surface area (Å²) in [4.78, 5) is 28.5. The Balaban J connectivity index is 1.41. The Bertz CT molecular complexity index is 953. The normalized spacial score (nSPS) is 14.1. The van der Waals surface area contributed by atoms with E-state index in [-0.39, 0.29) is 17.1 Å². The second kappa shape index (κ2) is 10.1. The zero-order chi connectivity index (χ0) is 21.5. The average Bonchev–Trinajstić information content (AvgIpc) is 2.75. The van der Waals surface area contributed by atoms with Crippen LogP contribution in [0.5, 0.6) is 0 Å². The number of hydrogen-bond donors (Lipinski definition) is 2. The molecule has 0 bridgehead atoms. The Morgan fingerprint density at radius 3 is 2.43 bits per heavy atom. The maximum atomic E-state index is 13.0. The lowest BCUT2D eigenvalue weighted by Crippen LogP contribution is -2.49. The van der Waals surface area contributed by atoms with Gasteiger partial charge in [0.2, 0.25) is 0 Å². The molecule has 3 rings (SSSR count). The number of anilines is 2. The van der Waals surface area contributed by atoms with Gasteiger partial charge in [0, 0.05) is 50.0 Å². The predicted octanol–water partition coefficient (Wildman–Crippen LogP) is 2.23. The highest BCUT2D eigenvalue weighted by atomic mass is 35.5. The number of nitrogens with zero attached hydrogens (tertiary/aromatic N) is 3. The molecule has 2 N–H and O–H groups in total. The third kappa shape index (κ3) is 5.69. The van der Waals surface area contributed by atoms with Crippen LogP contribution >= 0.6 is 11.6 Å². The highest BCUT2D eigenvalue weighted by Gasteiger charge is 2.19. The maximum Gasteiger partial charge on any atom is 0.313 e. The summed E-state index contributed by atoms with van der Waals surface area (Å²) >= 11 is 5.88. The molecule has 2 aromatic carbocycles. The minimum Gasteiger partial charge on any atom is -0.369 e. The first-order valence-corrected chi connectivity index (χ1v) is 9.86. The van der Waals surface area contributed by atoms with Crippen molar-refractivity contribution in [1.29, 1.82) is 5.26 Å². The van der Waals surface area contributed by atoms with Gasteiger partial charge >= 0.3 is 11.8 Å². The molecule has 0 atom stereocenters. The van der Waals surface area contributed by atoms with Crippen molar-refractivity contribution < 1.29 is 14.0 Å². The molecule has 0 spiro atoms. The Kier molecular flexibility index (Phi) is 7.22. The zero-order valence-corrected chi connectivity index (χ0v) is 17.0. The summed E-state index contributed by atoms with van der Waals surface area (Å²) in [7, 11) is 0. The van der Waals surface area contributed by atoms with Crippen LogP contribution in [0.4, 0.5) is 15.8 Å². The van der Waals surface area contributed by atoms with Crippen molar-refractivity contribution in [3.63, 3.8) is 0 Å². The van der Waals surface area contributed by atoms with Crippen LogP contribution in [0.2, 0.25) is 5.02 Å². The van der Waals surface area contributed by atoms with E-state index in [1.807, 2.05) is 6.07 Å². The van der Waals surface area contributed by atoms with E-state index in [9.17, 15) is 14.0 Å². The van der Waals surface area contributed by atoms with E-state index in [4.69, 9.17) is 16.9 Å². The van der Waals surface area contributed by atoms with Gasteiger partial charge in [-0.3, -0.25) is 14.5 Å². The molecule has 1 fully saturated rings. The quantitative estimate of drug-likeness (QED) is 0.711. The van der Waals surface area contributed by atoms with Crippen LogP contribution in [0.3, 0.4) is 0 Å². The highest BCUT2D eigenvalue weighted by molar-refractivity contribution is 6.40. The number of rotatable bonds is 5. The van der Waals surface area contributed by atoms with Crippen LogP contribution < -0.4 is 15.5 Å². The molecule has 0 radical (unpaired) electrons. The summed E-state index contributed by atoms with van der Waals surface area (Å²) in [6.45, 7) is 4.12. The van der Waals surface area contributed by atoms with E-state index in [1.54, 1.807) is 12.1 Å². The van der Waals surface area contributed by atoms with Gasteiger partial charge in [-0.1, -0.05) is 11.6 Å². The minimum atomic E-state index is -0.852. The second-order valence-corrected chi connectivity index (χ2v) is 7.25. The number of nitriles is 1. The molecule has 2 amide bonds. The molecular weight excluding hydrogens is 409 g/mol. The lowest BCUT2D eigenvalue weighted by atomic mass is 10.2. The van der Waals surface area contributed by atoms with Crippen molar-refractivity contribution in [3.8, 4) is 6.07 Å². The third-order valence-electron chi connectivity index (χ3n) is 4.83. The molecule has 1 aliphatic heterocycles. The number of hydrogen-bond acceptors (Lipinski definition) is 5. The first-order valence-electron chi connectivity index (χ1n) is 9.48. The van der Waals surface area contributed by atoms with Crippen LogP contribution in [0.15, 0.2) is 42.5 Å². The Morgan fingerprint density at radius 1 is 1.07 bits per heavy atom. The lowest BCUT2D eigenvalue weighted by Gasteiger charge is -2.36. The summed E-state index contributed by atoms with van der Waals surface area (Å²) in [5.41, 5.74) is 1.40. The zero-order valence-electron chi connectivity index (χ0n) is 16.2. The van der Waals surface area contributed by atoms with Gasteiger partial charge in [-0.25, -0.2) is 4.39 Å². The number of nitrogens with one attached hydrogen (secondary N) is 2. The Labute approximate surface area is 179 Å². The SMILES string of the molecule is N#Cc1ccc(Cl)cc1NC(=O)C(=O)NCCN1CCN(c2ccc(F)cc2)CC1. The van der Waals surface area contributed by atoms with E-state index in [2.05, 4.69) is 20.4 Å². The number of benzene rings is 2. The summed E-state index contributed by atoms with van der Waals surface area (Å²) < 4.78 is 13.0. The van der Waals surface area contributed by atoms with Gasteiger partial charge < -0.3 is 15.5 Å². The van der Waals surface area contributed by atoms with Crippen LogP contribution in [0.25, 0.3) is 0 Å². The van der Waals surface area contributed by atoms with E-state index in [0.29, 0.717) is 18.1 Å². The van der Waals surface area contributed by atoms with Gasteiger partial charge in [-0.15, -0.1) is 0 Å². The number of amides is 2. The van der Waals surface area contributed by atoms with Crippen molar-refractivity contribution >= 4 is 34.8 Å². The van der Waals surface area contributed by atoms with Gasteiger partial charge in [0.05, 0.1) is 11.3 Å². The first-order chi connectivity index (χ1) is 14.5. The van der Waals surface area contributed by atoms with Crippen LogP contribution in [0, 0.1) is 17.1 Å². The topological polar surface area (TPSA) is 88.5 Å². The summed E-state index contributed by atoms with van der Waals surface area (Å²) in [6.07, 6.45) is 0. The van der Waals surface area contributed by atoms with Crippen LogP contribution in [0.1, 0.15) is 5.56 Å². The van der Waals surface area contributed by atoms with Crippen molar-refractivity contribution in [2.45, 2.75) is 0 Å². The molecule has 0 aromatic heterocycles. The van der Waals surface area contributed by atoms with E-state index < -0.39 is 11.8 Å². The third-order valence-corrected chi connectivity index (χ3v) is 5.07. The largest absolute Gasteiger partial charge is 0.369 e. The highest BCUT2D eigenvalue weighted by Crippen LogP contribution is 2.20. The number of piperazine rings is 1. The Morgan fingerprint density at radius 2 is 1.77 bits per heavy atom. The standard InChI is InChI=1S/C21H21ClFN5O2/c22-16-2-1-15(14-24)19(13-16)26-21(30)20(29)25-7-8-27-9-11-28(12-10-27)18-5-3-17(23)4-6-18/h1-6,13H,7-12H2,(H,25,29)(H,26,30). The number of halogens is 2. The molecule has 1 saturated heterocycles. The van der Waals surface area contributed by atoms with E-state index >= 15 is 0 Å². The summed E-state index contributed by atoms with van der Waals surface area (Å²) in [5.74, 6) is -1.88. The smallest absolute Gasteiger partial charge is 0.313 e. The minimum absolute atomic E-state index is 0.196. The summed E-state index contributed by atoms with van der Waals surface area (Å²) in [5, 5.41) is 14.4. The van der Waals surface area contributed by atoms with E-state index in [0.717, 1.165) is 31.9 Å². The van der Waals surface area contributed by atoms with E-state index in [1.165, 1.54) is 30.3 Å². The molecule has 0 saturated carbocycles. The molecule has 0 unspecified atom stereocenters. The molecule has 1 heterocycles. The fourth-order valence-electron chi connectivity index (χ4n) is 3.19. The predicted molar refractivity (Wildman–Crippen MR) is 113 cm³/mol. The summed E-state index contributed by atoms with van der Waals surface area (Å²) in [6, 6.07) is 12.8. The average molecular weight is 430 g/mol. The van der Waals surface area contributed by atoms with Gasteiger partial charge in [-0.05, 0) is 42.5 Å². The Hall–Kier alpha value is -3.15. The fraction of sp³-hybridized carbons (Fsp3) is 0.286.